The van der Waals surface area contributed by atoms with Crippen LogP contribution >= 0.6 is 0 Å². The molecule has 0 unspecified atom stereocenters. The Hall–Kier alpha value is -1.66. The van der Waals surface area contributed by atoms with E-state index in [4.69, 9.17) is 10.5 Å². The molecular weight excluding hydrogens is 285 g/mol. The van der Waals surface area contributed by atoms with Crippen LogP contribution in [0.4, 0.5) is 10.1 Å². The van der Waals surface area contributed by atoms with Gasteiger partial charge in [-0.3, -0.25) is 0 Å². The Morgan fingerprint density at radius 3 is 2.67 bits per heavy atom. The first-order valence-corrected chi connectivity index (χ1v) is 10.7. The van der Waals surface area contributed by atoms with Gasteiger partial charge < -0.3 is 10.5 Å². The van der Waals surface area contributed by atoms with E-state index in [0.29, 0.717) is 12.4 Å². The molecule has 2 rings (SSSR count). The second kappa shape index (κ2) is 6.40. The van der Waals surface area contributed by atoms with Gasteiger partial charge in [0.1, 0.15) is 12.5 Å². The number of nitrogens with two attached hydrogens (primary N) is 1. The maximum absolute atomic E-state index is 13.4. The van der Waals surface area contributed by atoms with Gasteiger partial charge in [-0.1, -0.05) is 19.6 Å². The first kappa shape index (κ1) is 15.7. The van der Waals surface area contributed by atoms with E-state index in [0.717, 1.165) is 23.8 Å². The third kappa shape index (κ3) is 4.98. The minimum Gasteiger partial charge on any atom is -0.399 e. The molecule has 0 aliphatic rings. The number of ether oxygens (including phenoxy) is 1. The van der Waals surface area contributed by atoms with Crippen LogP contribution in [0, 0.1) is 5.82 Å². The molecule has 0 fully saturated rings. The Kier molecular flexibility index (Phi) is 4.79. The van der Waals surface area contributed by atoms with Crippen LogP contribution in [0.5, 0.6) is 0 Å². The highest BCUT2D eigenvalue weighted by molar-refractivity contribution is 6.76. The molecule has 1 aromatic carbocycles. The fraction of sp³-hybridized carbons (Fsp3) is 0.400. The van der Waals surface area contributed by atoms with Crippen LogP contribution in [0.3, 0.4) is 0 Å². The smallest absolute Gasteiger partial charge is 0.139 e. The first-order valence-electron chi connectivity index (χ1n) is 7.00. The van der Waals surface area contributed by atoms with Crippen molar-refractivity contribution in [3.63, 3.8) is 0 Å². The van der Waals surface area contributed by atoms with E-state index in [1.54, 1.807) is 16.9 Å². The van der Waals surface area contributed by atoms with Crippen LogP contribution in [0.1, 0.15) is 0 Å². The highest BCUT2D eigenvalue weighted by Gasteiger charge is 2.12. The van der Waals surface area contributed by atoms with Crippen molar-refractivity contribution in [2.24, 2.45) is 0 Å². The van der Waals surface area contributed by atoms with Crippen molar-refractivity contribution >= 4 is 13.8 Å². The predicted molar refractivity (Wildman–Crippen MR) is 86.1 cm³/mol. The third-order valence-corrected chi connectivity index (χ3v) is 4.81. The minimum absolute atomic E-state index is 0.343. The summed E-state index contributed by atoms with van der Waals surface area (Å²) in [4.78, 5) is 0. The zero-order chi connectivity index (χ0) is 15.5. The molecule has 21 heavy (non-hydrogen) atoms. The number of nitrogens with zero attached hydrogens (tertiary/aromatic N) is 2. The van der Waals surface area contributed by atoms with Crippen LogP contribution < -0.4 is 5.73 Å². The fourth-order valence-corrected chi connectivity index (χ4v) is 2.66. The van der Waals surface area contributed by atoms with Gasteiger partial charge in [0.2, 0.25) is 0 Å². The zero-order valence-corrected chi connectivity index (χ0v) is 13.8. The summed E-state index contributed by atoms with van der Waals surface area (Å²) >= 11 is 0. The van der Waals surface area contributed by atoms with Crippen LogP contribution in [0.25, 0.3) is 11.1 Å². The number of hydrogen-bond acceptors (Lipinski definition) is 3. The molecule has 4 nitrogen and oxygen atoms in total. The lowest BCUT2D eigenvalue weighted by molar-refractivity contribution is 0.0786. The van der Waals surface area contributed by atoms with Gasteiger partial charge in [0.15, 0.2) is 0 Å². The Labute approximate surface area is 125 Å². The van der Waals surface area contributed by atoms with E-state index < -0.39 is 8.07 Å². The number of halogens is 1. The molecule has 0 saturated carbocycles. The van der Waals surface area contributed by atoms with E-state index in [2.05, 4.69) is 24.7 Å². The standard InChI is InChI=1S/C15H22FN3OSi/c1-21(2,3)5-4-20-11-19-10-13(9-18-19)12-6-14(16)8-15(17)7-12/h6-10H,4-5,11,17H2,1-3H3. The molecule has 0 saturated heterocycles. The van der Waals surface area contributed by atoms with Gasteiger partial charge >= 0.3 is 0 Å². The lowest BCUT2D eigenvalue weighted by Crippen LogP contribution is -2.22. The van der Waals surface area contributed by atoms with Crippen molar-refractivity contribution in [2.45, 2.75) is 32.4 Å². The number of benzene rings is 1. The summed E-state index contributed by atoms with van der Waals surface area (Å²) in [6.45, 7) is 8.11. The molecule has 1 aromatic heterocycles. The van der Waals surface area contributed by atoms with E-state index >= 15 is 0 Å². The molecule has 2 N–H and O–H groups in total. The van der Waals surface area contributed by atoms with Crippen LogP contribution in [-0.2, 0) is 11.5 Å². The minimum atomic E-state index is -1.07. The molecule has 0 radical (unpaired) electrons. The van der Waals surface area contributed by atoms with E-state index in [1.807, 2.05) is 6.20 Å². The van der Waals surface area contributed by atoms with E-state index in [-0.39, 0.29) is 5.82 Å². The van der Waals surface area contributed by atoms with Gasteiger partial charge in [0, 0.05) is 32.1 Å². The molecule has 0 aliphatic carbocycles. The summed E-state index contributed by atoms with van der Waals surface area (Å²) in [5.74, 6) is -0.343. The normalized spacial score (nSPS) is 11.8. The molecular formula is C15H22FN3OSi. The second-order valence-electron chi connectivity index (χ2n) is 6.39. The number of rotatable bonds is 6. The molecule has 114 valence electrons. The summed E-state index contributed by atoms with van der Waals surface area (Å²) in [7, 11) is -1.07. The molecule has 0 bridgehead atoms. The summed E-state index contributed by atoms with van der Waals surface area (Å²) in [5.41, 5.74) is 7.61. The van der Waals surface area contributed by atoms with Crippen molar-refractivity contribution in [3.8, 4) is 11.1 Å². The first-order chi connectivity index (χ1) is 9.83. The summed E-state index contributed by atoms with van der Waals surface area (Å²) < 4.78 is 20.7. The zero-order valence-electron chi connectivity index (χ0n) is 12.8. The van der Waals surface area contributed by atoms with Gasteiger partial charge in [0.25, 0.3) is 0 Å². The molecule has 2 aromatic rings. The third-order valence-electron chi connectivity index (χ3n) is 3.11. The largest absolute Gasteiger partial charge is 0.399 e. The maximum Gasteiger partial charge on any atom is 0.139 e. The van der Waals surface area contributed by atoms with Crippen LogP contribution in [0.15, 0.2) is 30.6 Å². The van der Waals surface area contributed by atoms with E-state index in [1.165, 1.54) is 12.1 Å². The number of nitrogen functional groups attached to an aromatic ring is 1. The number of hydrogen-bond donors (Lipinski definition) is 1. The topological polar surface area (TPSA) is 53.1 Å². The average Bonchev–Trinajstić information content (AvgIpc) is 2.81. The highest BCUT2D eigenvalue weighted by atomic mass is 28.3. The lowest BCUT2D eigenvalue weighted by atomic mass is 10.1. The van der Waals surface area contributed by atoms with Crippen molar-refractivity contribution in [3.05, 3.63) is 36.4 Å². The summed E-state index contributed by atoms with van der Waals surface area (Å²) in [6.07, 6.45) is 3.53. The predicted octanol–water partition coefficient (Wildman–Crippen LogP) is 3.58. The van der Waals surface area contributed by atoms with Crippen molar-refractivity contribution in [2.75, 3.05) is 12.3 Å². The van der Waals surface area contributed by atoms with Gasteiger partial charge in [-0.25, -0.2) is 9.07 Å². The Bertz CT molecular complexity index is 587. The van der Waals surface area contributed by atoms with Crippen LogP contribution in [0.2, 0.25) is 25.7 Å². The Morgan fingerprint density at radius 2 is 2.00 bits per heavy atom. The van der Waals surface area contributed by atoms with Gasteiger partial charge in [-0.05, 0) is 29.8 Å². The number of anilines is 1. The van der Waals surface area contributed by atoms with E-state index in [9.17, 15) is 4.39 Å². The average molecular weight is 307 g/mol. The Morgan fingerprint density at radius 1 is 1.24 bits per heavy atom. The summed E-state index contributed by atoms with van der Waals surface area (Å²) in [6, 6.07) is 5.61. The monoisotopic (exact) mass is 307 g/mol. The molecule has 6 heteroatoms. The molecule has 0 amide bonds. The fourth-order valence-electron chi connectivity index (χ4n) is 1.90. The van der Waals surface area contributed by atoms with Crippen molar-refractivity contribution < 1.29 is 9.13 Å². The summed E-state index contributed by atoms with van der Waals surface area (Å²) in [5, 5.41) is 4.23. The van der Waals surface area contributed by atoms with Crippen molar-refractivity contribution in [1.82, 2.24) is 9.78 Å². The van der Waals surface area contributed by atoms with Crippen LogP contribution in [-0.4, -0.2) is 24.5 Å². The Balaban J connectivity index is 1.95. The lowest BCUT2D eigenvalue weighted by Gasteiger charge is -2.15. The maximum atomic E-state index is 13.4. The van der Waals surface area contributed by atoms with Gasteiger partial charge in [-0.15, -0.1) is 0 Å². The second-order valence-corrected chi connectivity index (χ2v) is 12.0. The highest BCUT2D eigenvalue weighted by Crippen LogP contribution is 2.22. The molecule has 1 heterocycles. The molecule has 0 spiro atoms. The number of aromatic nitrogens is 2. The SMILES string of the molecule is C[Si](C)(C)CCOCn1cc(-c2cc(N)cc(F)c2)cn1. The van der Waals surface area contributed by atoms with Gasteiger partial charge in [0.05, 0.1) is 6.20 Å². The molecule has 0 atom stereocenters. The quantitative estimate of drug-likeness (QED) is 0.504. The molecule has 0 aliphatic heterocycles. The van der Waals surface area contributed by atoms with Crippen molar-refractivity contribution in [1.29, 1.82) is 0 Å². The van der Waals surface area contributed by atoms with Gasteiger partial charge in [-0.2, -0.15) is 5.10 Å².